The first-order valence-electron chi connectivity index (χ1n) is 8.00. The van der Waals surface area contributed by atoms with E-state index in [0.717, 1.165) is 50.0 Å². The molecule has 3 nitrogen and oxygen atoms in total. The second kappa shape index (κ2) is 7.63. The van der Waals surface area contributed by atoms with Gasteiger partial charge in [0.05, 0.1) is 6.61 Å². The molecule has 1 aromatic heterocycles. The minimum Gasteiger partial charge on any atom is -0.477 e. The van der Waals surface area contributed by atoms with E-state index in [0.29, 0.717) is 5.92 Å². The van der Waals surface area contributed by atoms with Gasteiger partial charge in [0.1, 0.15) is 0 Å². The number of nitrogens with zero attached hydrogens (tertiary/aromatic N) is 1. The van der Waals surface area contributed by atoms with Crippen LogP contribution in [-0.2, 0) is 13.0 Å². The van der Waals surface area contributed by atoms with Crippen LogP contribution in [0.15, 0.2) is 12.1 Å². The average molecular weight is 276 g/mol. The van der Waals surface area contributed by atoms with Gasteiger partial charge < -0.3 is 10.1 Å². The van der Waals surface area contributed by atoms with Crippen LogP contribution < -0.4 is 10.1 Å². The van der Waals surface area contributed by atoms with Crippen molar-refractivity contribution >= 4 is 0 Å². The summed E-state index contributed by atoms with van der Waals surface area (Å²) in [6, 6.07) is 4.30. The normalized spacial score (nSPS) is 14.8. The number of nitrogens with one attached hydrogen (secondary N) is 1. The summed E-state index contributed by atoms with van der Waals surface area (Å²) in [6.45, 7) is 9.43. The van der Waals surface area contributed by atoms with Gasteiger partial charge in [-0.15, -0.1) is 0 Å². The molecule has 0 aromatic carbocycles. The van der Waals surface area contributed by atoms with E-state index < -0.39 is 0 Å². The van der Waals surface area contributed by atoms with Crippen molar-refractivity contribution in [3.8, 4) is 5.88 Å². The summed E-state index contributed by atoms with van der Waals surface area (Å²) in [5.74, 6) is 2.26. The molecule has 20 heavy (non-hydrogen) atoms. The maximum absolute atomic E-state index is 5.85. The van der Waals surface area contributed by atoms with E-state index in [4.69, 9.17) is 4.74 Å². The van der Waals surface area contributed by atoms with Crippen LogP contribution in [0.5, 0.6) is 5.88 Å². The topological polar surface area (TPSA) is 34.1 Å². The van der Waals surface area contributed by atoms with E-state index in [1.165, 1.54) is 18.4 Å². The van der Waals surface area contributed by atoms with Crippen molar-refractivity contribution in [2.75, 3.05) is 13.2 Å². The first kappa shape index (κ1) is 15.3. The predicted octanol–water partition coefficient (Wildman–Crippen LogP) is 3.57. The average Bonchev–Trinajstić information content (AvgIpc) is 3.20. The van der Waals surface area contributed by atoms with Gasteiger partial charge in [-0.25, -0.2) is 4.98 Å². The lowest BCUT2D eigenvalue weighted by molar-refractivity contribution is 0.287. The first-order chi connectivity index (χ1) is 9.67. The first-order valence-corrected chi connectivity index (χ1v) is 8.00. The Morgan fingerprint density at radius 1 is 1.35 bits per heavy atom. The van der Waals surface area contributed by atoms with Crippen molar-refractivity contribution in [1.82, 2.24) is 10.3 Å². The van der Waals surface area contributed by atoms with E-state index in [1.807, 2.05) is 0 Å². The van der Waals surface area contributed by atoms with Gasteiger partial charge in [-0.2, -0.15) is 0 Å². The van der Waals surface area contributed by atoms with Crippen molar-refractivity contribution in [1.29, 1.82) is 0 Å². The van der Waals surface area contributed by atoms with E-state index in [2.05, 4.69) is 43.2 Å². The molecule has 0 atom stereocenters. The van der Waals surface area contributed by atoms with Crippen LogP contribution in [0.4, 0.5) is 0 Å². The molecular weight excluding hydrogens is 248 g/mol. The largest absolute Gasteiger partial charge is 0.477 e. The highest BCUT2D eigenvalue weighted by atomic mass is 16.5. The maximum atomic E-state index is 5.85. The Morgan fingerprint density at radius 3 is 2.80 bits per heavy atom. The Hall–Kier alpha value is -1.09. The second-order valence-electron chi connectivity index (χ2n) is 6.33. The third kappa shape index (κ3) is 5.49. The van der Waals surface area contributed by atoms with Crippen LogP contribution in [0.3, 0.4) is 0 Å². The molecule has 0 unspecified atom stereocenters. The molecule has 0 bridgehead atoms. The van der Waals surface area contributed by atoms with Crippen molar-refractivity contribution < 1.29 is 4.74 Å². The number of rotatable bonds is 9. The predicted molar refractivity (Wildman–Crippen MR) is 83.0 cm³/mol. The zero-order chi connectivity index (χ0) is 14.4. The third-order valence-corrected chi connectivity index (χ3v) is 3.47. The summed E-state index contributed by atoms with van der Waals surface area (Å²) >= 11 is 0. The summed E-state index contributed by atoms with van der Waals surface area (Å²) < 4.78 is 5.85. The van der Waals surface area contributed by atoms with Crippen molar-refractivity contribution in [3.63, 3.8) is 0 Å². The van der Waals surface area contributed by atoms with Gasteiger partial charge in [0.2, 0.25) is 5.88 Å². The highest BCUT2D eigenvalue weighted by Gasteiger charge is 2.22. The quantitative estimate of drug-likeness (QED) is 0.748. The molecule has 1 aliphatic rings. The van der Waals surface area contributed by atoms with Crippen molar-refractivity contribution in [3.05, 3.63) is 23.4 Å². The van der Waals surface area contributed by atoms with Gasteiger partial charge in [0.25, 0.3) is 0 Å². The summed E-state index contributed by atoms with van der Waals surface area (Å²) in [5, 5.41) is 3.49. The lowest BCUT2D eigenvalue weighted by Crippen LogP contribution is -2.19. The zero-order valence-electron chi connectivity index (χ0n) is 13.1. The molecule has 0 saturated heterocycles. The molecule has 1 saturated carbocycles. The van der Waals surface area contributed by atoms with Gasteiger partial charge in [0.15, 0.2) is 0 Å². The van der Waals surface area contributed by atoms with Gasteiger partial charge in [0, 0.05) is 18.3 Å². The Morgan fingerprint density at radius 2 is 2.15 bits per heavy atom. The molecule has 1 aromatic rings. The van der Waals surface area contributed by atoms with Crippen molar-refractivity contribution in [2.24, 2.45) is 11.8 Å². The Labute approximate surface area is 123 Å². The van der Waals surface area contributed by atoms with Gasteiger partial charge in [-0.05, 0) is 49.3 Å². The van der Waals surface area contributed by atoms with Gasteiger partial charge in [-0.1, -0.05) is 27.2 Å². The summed E-state index contributed by atoms with van der Waals surface area (Å²) in [5.41, 5.74) is 2.44. The summed E-state index contributed by atoms with van der Waals surface area (Å²) in [7, 11) is 0. The highest BCUT2D eigenvalue weighted by Crippen LogP contribution is 2.29. The number of pyridine rings is 1. The third-order valence-electron chi connectivity index (χ3n) is 3.47. The van der Waals surface area contributed by atoms with Crippen LogP contribution >= 0.6 is 0 Å². The van der Waals surface area contributed by atoms with Crippen LogP contribution in [0, 0.1) is 11.8 Å². The van der Waals surface area contributed by atoms with Crippen LogP contribution in [0.1, 0.15) is 51.3 Å². The molecule has 0 aliphatic heterocycles. The zero-order valence-corrected chi connectivity index (χ0v) is 13.1. The molecule has 1 N–H and O–H groups in total. The number of aromatic nitrogens is 1. The Bertz CT molecular complexity index is 413. The smallest absolute Gasteiger partial charge is 0.213 e. The standard InChI is InChI=1S/C17H28N2O/c1-4-5-16-8-15(11-18-10-13(2)3)9-17(19-16)20-12-14-6-7-14/h8-9,13-14,18H,4-7,10-12H2,1-3H3. The molecule has 1 aliphatic carbocycles. The fourth-order valence-corrected chi connectivity index (χ4v) is 2.17. The molecule has 1 heterocycles. The van der Waals surface area contributed by atoms with E-state index >= 15 is 0 Å². The number of aryl methyl sites for hydroxylation is 1. The fraction of sp³-hybridized carbons (Fsp3) is 0.706. The lowest BCUT2D eigenvalue weighted by Gasteiger charge is -2.11. The van der Waals surface area contributed by atoms with E-state index in [1.54, 1.807) is 0 Å². The van der Waals surface area contributed by atoms with Crippen LogP contribution in [-0.4, -0.2) is 18.1 Å². The van der Waals surface area contributed by atoms with Gasteiger partial charge in [-0.3, -0.25) is 0 Å². The van der Waals surface area contributed by atoms with Crippen LogP contribution in [0.2, 0.25) is 0 Å². The SMILES string of the molecule is CCCc1cc(CNCC(C)C)cc(OCC2CC2)n1. The van der Waals surface area contributed by atoms with E-state index in [9.17, 15) is 0 Å². The highest BCUT2D eigenvalue weighted by molar-refractivity contribution is 5.25. The van der Waals surface area contributed by atoms with Crippen LogP contribution in [0.25, 0.3) is 0 Å². The minimum absolute atomic E-state index is 0.678. The molecule has 0 radical (unpaired) electrons. The molecule has 2 rings (SSSR count). The summed E-state index contributed by atoms with van der Waals surface area (Å²) in [6.07, 6.45) is 4.78. The monoisotopic (exact) mass is 276 g/mol. The molecule has 0 amide bonds. The van der Waals surface area contributed by atoms with Gasteiger partial charge >= 0.3 is 0 Å². The van der Waals surface area contributed by atoms with Crippen molar-refractivity contribution in [2.45, 2.75) is 53.0 Å². The Kier molecular flexibility index (Phi) is 5.84. The summed E-state index contributed by atoms with van der Waals surface area (Å²) in [4.78, 5) is 4.62. The molecule has 3 heteroatoms. The lowest BCUT2D eigenvalue weighted by atomic mass is 10.1. The number of hydrogen-bond acceptors (Lipinski definition) is 3. The second-order valence-corrected chi connectivity index (χ2v) is 6.33. The molecule has 0 spiro atoms. The van der Waals surface area contributed by atoms with E-state index in [-0.39, 0.29) is 0 Å². The molecule has 1 fully saturated rings. The maximum Gasteiger partial charge on any atom is 0.213 e. The fourth-order valence-electron chi connectivity index (χ4n) is 2.17. The molecule has 112 valence electrons. The number of ether oxygens (including phenoxy) is 1. The Balaban J connectivity index is 1.95. The minimum atomic E-state index is 0.678. The molecular formula is C17H28N2O. The number of hydrogen-bond donors (Lipinski definition) is 1.